The normalized spacial score (nSPS) is 15.7. The summed E-state index contributed by atoms with van der Waals surface area (Å²) in [7, 11) is 0. The molecule has 1 fully saturated rings. The van der Waals surface area contributed by atoms with Gasteiger partial charge in [-0.25, -0.2) is 9.59 Å². The molecule has 0 radical (unpaired) electrons. The number of unbranched alkanes of at least 4 members (excludes halogenated alkanes) is 2. The SMILES string of the molecule is CCCCC(CCC)Oc1ccc(C(=O)Oc2ccccc2CCCC[C@@H]2OC2=O)cc1. The van der Waals surface area contributed by atoms with Crippen LogP contribution in [0.2, 0.25) is 0 Å². The number of cyclic esters (lactones) is 1. The predicted octanol–water partition coefficient (Wildman–Crippen LogP) is 6.28. The maximum atomic E-state index is 12.7. The lowest BCUT2D eigenvalue weighted by molar-refractivity contribution is -0.117. The molecule has 32 heavy (non-hydrogen) atoms. The smallest absolute Gasteiger partial charge is 0.348 e. The molecule has 1 heterocycles. The lowest BCUT2D eigenvalue weighted by Crippen LogP contribution is -2.16. The van der Waals surface area contributed by atoms with Crippen molar-refractivity contribution in [2.24, 2.45) is 0 Å². The Morgan fingerprint density at radius 1 is 0.969 bits per heavy atom. The van der Waals surface area contributed by atoms with E-state index < -0.39 is 0 Å². The van der Waals surface area contributed by atoms with E-state index in [1.54, 1.807) is 12.1 Å². The van der Waals surface area contributed by atoms with Crippen LogP contribution in [0.5, 0.6) is 11.5 Å². The lowest BCUT2D eigenvalue weighted by Gasteiger charge is -2.18. The van der Waals surface area contributed by atoms with E-state index >= 15 is 0 Å². The summed E-state index contributed by atoms with van der Waals surface area (Å²) < 4.78 is 16.7. The Bertz CT molecular complexity index is 874. The second-order valence-electron chi connectivity index (χ2n) is 8.36. The van der Waals surface area contributed by atoms with Crippen LogP contribution in [0.15, 0.2) is 48.5 Å². The largest absolute Gasteiger partial charge is 0.490 e. The van der Waals surface area contributed by atoms with Crippen LogP contribution in [0.25, 0.3) is 0 Å². The predicted molar refractivity (Wildman–Crippen MR) is 124 cm³/mol. The maximum Gasteiger partial charge on any atom is 0.348 e. The van der Waals surface area contributed by atoms with Crippen LogP contribution in [0, 0.1) is 0 Å². The Hall–Kier alpha value is -2.82. The van der Waals surface area contributed by atoms with Crippen molar-refractivity contribution < 1.29 is 23.8 Å². The van der Waals surface area contributed by atoms with E-state index in [1.807, 2.05) is 36.4 Å². The molecule has 1 saturated heterocycles. The zero-order valence-electron chi connectivity index (χ0n) is 19.2. The Labute approximate surface area is 191 Å². The monoisotopic (exact) mass is 438 g/mol. The highest BCUT2D eigenvalue weighted by atomic mass is 16.6. The first-order valence-electron chi connectivity index (χ1n) is 11.9. The molecular formula is C27H34O5. The van der Waals surface area contributed by atoms with Gasteiger partial charge in [0.05, 0.1) is 11.7 Å². The van der Waals surface area contributed by atoms with Gasteiger partial charge in [0.1, 0.15) is 11.5 Å². The number of hydrogen-bond acceptors (Lipinski definition) is 5. The summed E-state index contributed by atoms with van der Waals surface area (Å²) in [6, 6.07) is 14.8. The molecular weight excluding hydrogens is 404 g/mol. The average Bonchev–Trinajstić information content (AvgIpc) is 3.51. The lowest BCUT2D eigenvalue weighted by atomic mass is 10.1. The summed E-state index contributed by atoms with van der Waals surface area (Å²) in [6.07, 6.45) is 8.85. The summed E-state index contributed by atoms with van der Waals surface area (Å²) in [5.74, 6) is 0.892. The summed E-state index contributed by atoms with van der Waals surface area (Å²) in [5.41, 5.74) is 1.49. The van der Waals surface area contributed by atoms with E-state index in [-0.39, 0.29) is 24.1 Å². The molecule has 1 unspecified atom stereocenters. The third-order valence-corrected chi connectivity index (χ3v) is 5.68. The zero-order valence-corrected chi connectivity index (χ0v) is 19.2. The van der Waals surface area contributed by atoms with Crippen molar-refractivity contribution in [3.8, 4) is 11.5 Å². The highest BCUT2D eigenvalue weighted by Crippen LogP contribution is 2.25. The maximum absolute atomic E-state index is 12.7. The summed E-state index contributed by atoms with van der Waals surface area (Å²) >= 11 is 0. The minimum atomic E-state index is -0.378. The summed E-state index contributed by atoms with van der Waals surface area (Å²) in [6.45, 7) is 4.36. The van der Waals surface area contributed by atoms with E-state index in [0.29, 0.717) is 11.3 Å². The van der Waals surface area contributed by atoms with Gasteiger partial charge in [0, 0.05) is 0 Å². The first-order valence-corrected chi connectivity index (χ1v) is 11.9. The van der Waals surface area contributed by atoms with E-state index in [4.69, 9.17) is 14.2 Å². The molecule has 0 amide bonds. The Morgan fingerprint density at radius 3 is 2.41 bits per heavy atom. The molecule has 0 aromatic heterocycles. The number of rotatable bonds is 14. The van der Waals surface area contributed by atoms with Gasteiger partial charge in [0.15, 0.2) is 6.10 Å². The third-order valence-electron chi connectivity index (χ3n) is 5.68. The molecule has 5 heteroatoms. The van der Waals surface area contributed by atoms with Crippen molar-refractivity contribution >= 4 is 11.9 Å². The molecule has 0 spiro atoms. The number of carbonyl (C=O) groups excluding carboxylic acids is 2. The van der Waals surface area contributed by atoms with Crippen molar-refractivity contribution in [3.05, 3.63) is 59.7 Å². The van der Waals surface area contributed by atoms with E-state index in [1.165, 1.54) is 0 Å². The molecule has 2 aromatic carbocycles. The number of ether oxygens (including phenoxy) is 3. The van der Waals surface area contributed by atoms with Gasteiger partial charge in [-0.3, -0.25) is 0 Å². The highest BCUT2D eigenvalue weighted by molar-refractivity contribution is 5.91. The first-order chi connectivity index (χ1) is 15.6. The van der Waals surface area contributed by atoms with Crippen LogP contribution in [0.3, 0.4) is 0 Å². The van der Waals surface area contributed by atoms with Crippen LogP contribution < -0.4 is 9.47 Å². The van der Waals surface area contributed by atoms with Gasteiger partial charge in [0.25, 0.3) is 0 Å². The molecule has 3 rings (SSSR count). The van der Waals surface area contributed by atoms with Crippen molar-refractivity contribution in [1.82, 2.24) is 0 Å². The van der Waals surface area contributed by atoms with Gasteiger partial charge in [-0.15, -0.1) is 0 Å². The Morgan fingerprint density at radius 2 is 1.72 bits per heavy atom. The fourth-order valence-electron chi connectivity index (χ4n) is 3.77. The number of carbonyl (C=O) groups is 2. The van der Waals surface area contributed by atoms with Gasteiger partial charge in [-0.2, -0.15) is 0 Å². The molecule has 2 aromatic rings. The number of esters is 1. The number of para-hydroxylation sites is 1. The minimum absolute atomic E-state index is 0.0995. The molecule has 1 aliphatic rings. The second-order valence-corrected chi connectivity index (χ2v) is 8.36. The molecule has 5 nitrogen and oxygen atoms in total. The van der Waals surface area contributed by atoms with Crippen LogP contribution >= 0.6 is 0 Å². The fourth-order valence-corrected chi connectivity index (χ4v) is 3.77. The number of epoxide rings is 1. The van der Waals surface area contributed by atoms with Crippen molar-refractivity contribution in [2.75, 3.05) is 0 Å². The second kappa shape index (κ2) is 12.3. The van der Waals surface area contributed by atoms with E-state index in [2.05, 4.69) is 13.8 Å². The first kappa shape index (κ1) is 23.8. The van der Waals surface area contributed by atoms with Gasteiger partial charge in [-0.05, 0) is 74.4 Å². The Balaban J connectivity index is 1.53. The van der Waals surface area contributed by atoms with Crippen LogP contribution in [-0.2, 0) is 16.0 Å². The quantitative estimate of drug-likeness (QED) is 0.150. The fraction of sp³-hybridized carbons (Fsp3) is 0.481. The van der Waals surface area contributed by atoms with Crippen LogP contribution in [0.4, 0.5) is 0 Å². The number of hydrogen-bond donors (Lipinski definition) is 0. The van der Waals surface area contributed by atoms with Crippen molar-refractivity contribution in [2.45, 2.75) is 83.8 Å². The van der Waals surface area contributed by atoms with Gasteiger partial charge in [0.2, 0.25) is 0 Å². The molecule has 0 saturated carbocycles. The molecule has 0 N–H and O–H groups in total. The number of aryl methyl sites for hydroxylation is 1. The minimum Gasteiger partial charge on any atom is -0.490 e. The van der Waals surface area contributed by atoms with Crippen molar-refractivity contribution in [3.63, 3.8) is 0 Å². The van der Waals surface area contributed by atoms with Crippen molar-refractivity contribution in [1.29, 1.82) is 0 Å². The van der Waals surface area contributed by atoms with Gasteiger partial charge >= 0.3 is 11.9 Å². The highest BCUT2D eigenvalue weighted by Gasteiger charge is 2.36. The summed E-state index contributed by atoms with van der Waals surface area (Å²) in [4.78, 5) is 23.6. The molecule has 1 aliphatic heterocycles. The number of benzene rings is 2. The Kier molecular flexibility index (Phi) is 9.14. The average molecular weight is 439 g/mol. The van der Waals surface area contributed by atoms with Gasteiger partial charge in [-0.1, -0.05) is 51.3 Å². The molecule has 2 atom stereocenters. The third kappa shape index (κ3) is 7.40. The summed E-state index contributed by atoms with van der Waals surface area (Å²) in [5, 5.41) is 0. The van der Waals surface area contributed by atoms with E-state index in [9.17, 15) is 9.59 Å². The molecule has 0 bridgehead atoms. The van der Waals surface area contributed by atoms with Gasteiger partial charge < -0.3 is 14.2 Å². The molecule has 172 valence electrons. The van der Waals surface area contributed by atoms with Crippen LogP contribution in [0.1, 0.15) is 81.1 Å². The van der Waals surface area contributed by atoms with Crippen LogP contribution in [-0.4, -0.2) is 24.1 Å². The molecule has 0 aliphatic carbocycles. The topological polar surface area (TPSA) is 65.1 Å². The van der Waals surface area contributed by atoms with E-state index in [0.717, 1.165) is 69.1 Å². The zero-order chi connectivity index (χ0) is 22.8. The standard InChI is InChI=1S/C27H34O5/c1-3-5-13-22(10-4-2)30-23-18-16-21(17-19-23)26(28)31-24-14-8-6-11-20(24)12-7-9-15-25-27(29)32-25/h6,8,11,14,16-19,22,25H,3-5,7,9-10,12-13,15H2,1-2H3/t22?,25-/m0/s1.